The summed E-state index contributed by atoms with van der Waals surface area (Å²) >= 11 is 0. The van der Waals surface area contributed by atoms with E-state index in [-0.39, 0.29) is 48.3 Å². The number of fused-ring (bicyclic) bond motifs is 2. The molecule has 2 aliphatic heterocycles. The summed E-state index contributed by atoms with van der Waals surface area (Å²) in [6.45, 7) is 2.77. The van der Waals surface area contributed by atoms with E-state index in [1.165, 1.54) is 4.31 Å². The summed E-state index contributed by atoms with van der Waals surface area (Å²) in [5.41, 5.74) is -7.17. The van der Waals surface area contributed by atoms with Crippen molar-refractivity contribution in [3.8, 4) is 11.1 Å². The van der Waals surface area contributed by atoms with Crippen molar-refractivity contribution in [3.63, 3.8) is 0 Å². The fraction of sp³-hybridized carbons (Fsp3) is 0.520. The standard InChI is InChI=1S/C25H26F8N2O3S/c1-3-15-8-14(11-34-12-17-5-6-18(13-34)35(17)39(2,37)38)9-21(27)22(15)19-7-4-16(10-20(19)26)23(36,24(28,29)30)25(31,32)33/h4,7-10,17-18,36H,3,5-6,11-13H2,1-2H3. The molecule has 0 spiro atoms. The number of benzene rings is 2. The Bertz CT molecular complexity index is 1330. The van der Waals surface area contributed by atoms with Gasteiger partial charge in [-0.15, -0.1) is 0 Å². The van der Waals surface area contributed by atoms with Gasteiger partial charge >= 0.3 is 12.4 Å². The average molecular weight is 587 g/mol. The van der Waals surface area contributed by atoms with Gasteiger partial charge < -0.3 is 5.11 Å². The maximum Gasteiger partial charge on any atom is 0.430 e. The number of likely N-dealkylation sites (tertiary alicyclic amines) is 1. The minimum absolute atomic E-state index is 0.0832. The molecule has 0 aliphatic carbocycles. The second-order valence-corrected chi connectivity index (χ2v) is 11.9. The first-order valence-electron chi connectivity index (χ1n) is 12.1. The molecule has 2 heterocycles. The van der Waals surface area contributed by atoms with Crippen LogP contribution in [-0.2, 0) is 28.6 Å². The molecular weight excluding hydrogens is 560 g/mol. The minimum Gasteiger partial charge on any atom is -0.369 e. The summed E-state index contributed by atoms with van der Waals surface area (Å²) in [6.07, 6.45) is -9.64. The number of alkyl halides is 6. The lowest BCUT2D eigenvalue weighted by molar-refractivity contribution is -0.376. The lowest BCUT2D eigenvalue weighted by Gasteiger charge is -2.39. The van der Waals surface area contributed by atoms with E-state index < -0.39 is 50.7 Å². The van der Waals surface area contributed by atoms with Gasteiger partial charge in [-0.2, -0.15) is 30.6 Å². The Morgan fingerprint density at radius 3 is 1.95 bits per heavy atom. The fourth-order valence-electron chi connectivity index (χ4n) is 5.71. The SMILES string of the molecule is CCc1cc(CN2CC3CCC(C2)N3S(C)(=O)=O)cc(F)c1-c1ccc(C(O)(C(F)(F)F)C(F)(F)F)cc1F. The van der Waals surface area contributed by atoms with Crippen molar-refractivity contribution in [2.45, 2.75) is 62.8 Å². The molecule has 2 saturated heterocycles. The third-order valence-electron chi connectivity index (χ3n) is 7.37. The monoisotopic (exact) mass is 586 g/mol. The minimum atomic E-state index is -6.19. The molecule has 0 saturated carbocycles. The van der Waals surface area contributed by atoms with Crippen LogP contribution in [0.3, 0.4) is 0 Å². The van der Waals surface area contributed by atoms with Crippen molar-refractivity contribution in [2.24, 2.45) is 0 Å². The molecule has 2 fully saturated rings. The number of piperazine rings is 1. The molecule has 39 heavy (non-hydrogen) atoms. The van der Waals surface area contributed by atoms with Crippen molar-refractivity contribution >= 4 is 10.0 Å². The quantitative estimate of drug-likeness (QED) is 0.478. The summed E-state index contributed by atoms with van der Waals surface area (Å²) in [6, 6.07) is 3.09. The van der Waals surface area contributed by atoms with E-state index in [1.807, 2.05) is 4.90 Å². The average Bonchev–Trinajstić information content (AvgIpc) is 3.09. The van der Waals surface area contributed by atoms with Crippen molar-refractivity contribution in [3.05, 3.63) is 58.7 Å². The number of hydrogen-bond acceptors (Lipinski definition) is 4. The predicted octanol–water partition coefficient (Wildman–Crippen LogP) is 5.11. The number of hydrogen-bond donors (Lipinski definition) is 1. The number of aryl methyl sites for hydroxylation is 1. The van der Waals surface area contributed by atoms with Gasteiger partial charge in [0.25, 0.3) is 5.60 Å². The Morgan fingerprint density at radius 2 is 1.49 bits per heavy atom. The van der Waals surface area contributed by atoms with Gasteiger partial charge in [0, 0.05) is 48.4 Å². The van der Waals surface area contributed by atoms with Crippen molar-refractivity contribution in [1.82, 2.24) is 9.21 Å². The number of nitrogens with zero attached hydrogens (tertiary/aromatic N) is 2. The molecular formula is C25H26F8N2O3S. The Morgan fingerprint density at radius 1 is 0.923 bits per heavy atom. The molecule has 0 amide bonds. The Balaban J connectivity index is 1.64. The summed E-state index contributed by atoms with van der Waals surface area (Å²) in [7, 11) is -3.37. The van der Waals surface area contributed by atoms with E-state index in [1.54, 1.807) is 13.0 Å². The molecule has 1 N–H and O–H groups in total. The molecule has 14 heteroatoms. The third-order valence-corrected chi connectivity index (χ3v) is 8.73. The molecule has 0 aromatic heterocycles. The van der Waals surface area contributed by atoms with Gasteiger partial charge in [-0.05, 0) is 42.5 Å². The van der Waals surface area contributed by atoms with Gasteiger partial charge in [-0.25, -0.2) is 17.2 Å². The molecule has 2 unspecified atom stereocenters. The smallest absolute Gasteiger partial charge is 0.369 e. The van der Waals surface area contributed by atoms with E-state index in [0.717, 1.165) is 12.3 Å². The first-order valence-corrected chi connectivity index (χ1v) is 13.9. The van der Waals surface area contributed by atoms with Gasteiger partial charge in [0.15, 0.2) is 0 Å². The zero-order chi connectivity index (χ0) is 29.1. The summed E-state index contributed by atoms with van der Waals surface area (Å²) in [5.74, 6) is -2.48. The maximum absolute atomic E-state index is 15.3. The van der Waals surface area contributed by atoms with Crippen LogP contribution in [0.1, 0.15) is 36.5 Å². The van der Waals surface area contributed by atoms with E-state index in [0.29, 0.717) is 37.6 Å². The normalized spacial score (nSPS) is 21.5. The molecule has 2 bridgehead atoms. The topological polar surface area (TPSA) is 60.9 Å². The molecule has 2 aromatic rings. The zero-order valence-electron chi connectivity index (χ0n) is 20.9. The number of halogens is 8. The van der Waals surface area contributed by atoms with Crippen LogP contribution in [0.4, 0.5) is 35.1 Å². The highest BCUT2D eigenvalue weighted by molar-refractivity contribution is 7.88. The summed E-state index contributed by atoms with van der Waals surface area (Å²) < 4.78 is 135. The highest BCUT2D eigenvalue weighted by atomic mass is 32.2. The highest BCUT2D eigenvalue weighted by Gasteiger charge is 2.71. The van der Waals surface area contributed by atoms with Gasteiger partial charge in [0.05, 0.1) is 6.26 Å². The largest absolute Gasteiger partial charge is 0.430 e. The maximum atomic E-state index is 15.3. The van der Waals surface area contributed by atoms with Crippen LogP contribution in [0, 0.1) is 11.6 Å². The van der Waals surface area contributed by atoms with Crippen LogP contribution < -0.4 is 0 Å². The van der Waals surface area contributed by atoms with Gasteiger partial charge in [0.1, 0.15) is 11.6 Å². The van der Waals surface area contributed by atoms with Crippen LogP contribution in [0.25, 0.3) is 11.1 Å². The van der Waals surface area contributed by atoms with Crippen LogP contribution in [0.2, 0.25) is 0 Å². The molecule has 4 rings (SSSR count). The van der Waals surface area contributed by atoms with Crippen LogP contribution in [0.5, 0.6) is 0 Å². The van der Waals surface area contributed by atoms with Crippen LogP contribution >= 0.6 is 0 Å². The van der Waals surface area contributed by atoms with Gasteiger partial charge in [0.2, 0.25) is 10.0 Å². The number of rotatable bonds is 6. The van der Waals surface area contributed by atoms with E-state index in [2.05, 4.69) is 0 Å². The van der Waals surface area contributed by atoms with E-state index in [4.69, 9.17) is 0 Å². The lowest BCUT2D eigenvalue weighted by Crippen LogP contribution is -2.54. The van der Waals surface area contributed by atoms with E-state index >= 15 is 4.39 Å². The number of aliphatic hydroxyl groups is 1. The van der Waals surface area contributed by atoms with Crippen LogP contribution in [-0.4, -0.2) is 66.5 Å². The molecule has 2 aliphatic rings. The van der Waals surface area contributed by atoms with Crippen molar-refractivity contribution < 1.29 is 48.6 Å². The van der Waals surface area contributed by atoms with Gasteiger partial charge in [-0.3, -0.25) is 4.90 Å². The molecule has 0 radical (unpaired) electrons. The number of sulfonamides is 1. The second kappa shape index (κ2) is 9.96. The predicted molar refractivity (Wildman–Crippen MR) is 126 cm³/mol. The van der Waals surface area contributed by atoms with Crippen LogP contribution in [0.15, 0.2) is 30.3 Å². The Hall–Kier alpha value is -2.29. The molecule has 2 atom stereocenters. The fourth-order valence-corrected chi connectivity index (χ4v) is 7.14. The van der Waals surface area contributed by atoms with Crippen molar-refractivity contribution in [1.29, 1.82) is 0 Å². The zero-order valence-corrected chi connectivity index (χ0v) is 21.7. The summed E-state index contributed by atoms with van der Waals surface area (Å²) in [4.78, 5) is 1.99. The van der Waals surface area contributed by atoms with Gasteiger partial charge in [-0.1, -0.05) is 25.1 Å². The first-order chi connectivity index (χ1) is 17.9. The molecule has 216 valence electrons. The Kier molecular flexibility index (Phi) is 7.58. The first kappa shape index (κ1) is 29.7. The highest BCUT2D eigenvalue weighted by Crippen LogP contribution is 2.50. The third kappa shape index (κ3) is 5.27. The molecule has 5 nitrogen and oxygen atoms in total. The van der Waals surface area contributed by atoms with E-state index in [9.17, 15) is 44.3 Å². The van der Waals surface area contributed by atoms with Crippen molar-refractivity contribution in [2.75, 3.05) is 19.3 Å². The molecule has 2 aromatic carbocycles. The Labute approximate surface area is 220 Å². The lowest BCUT2D eigenvalue weighted by atomic mass is 9.88. The summed E-state index contributed by atoms with van der Waals surface area (Å²) in [5, 5.41) is 9.56. The second-order valence-electron chi connectivity index (χ2n) is 10.0.